The van der Waals surface area contributed by atoms with Crippen molar-refractivity contribution < 1.29 is 19.4 Å². The summed E-state index contributed by atoms with van der Waals surface area (Å²) in [7, 11) is 1.24. The van der Waals surface area contributed by atoms with Crippen LogP contribution in [0.15, 0.2) is 24.3 Å². The Morgan fingerprint density at radius 2 is 1.96 bits per heavy atom. The quantitative estimate of drug-likeness (QED) is 0.540. The van der Waals surface area contributed by atoms with Crippen LogP contribution in [0.3, 0.4) is 0 Å². The smallest absolute Gasteiger partial charge is 0.330 e. The first-order chi connectivity index (χ1) is 10.8. The van der Waals surface area contributed by atoms with Crippen molar-refractivity contribution in [2.45, 2.75) is 31.8 Å². The van der Waals surface area contributed by atoms with Crippen molar-refractivity contribution in [1.29, 1.82) is 0 Å². The highest BCUT2D eigenvalue weighted by Crippen LogP contribution is 2.10. The fraction of sp³-hybridized carbons (Fsp3) is 0.412. The minimum atomic E-state index is -0.960. The number of carbonyl (C=O) groups is 2. The summed E-state index contributed by atoms with van der Waals surface area (Å²) in [5.74, 6) is 4.64. The molecule has 124 valence electrons. The molecule has 0 heterocycles. The van der Waals surface area contributed by atoms with Crippen molar-refractivity contribution in [3.8, 4) is 11.8 Å². The van der Waals surface area contributed by atoms with Gasteiger partial charge in [-0.15, -0.1) is 0 Å². The van der Waals surface area contributed by atoms with Crippen molar-refractivity contribution in [1.82, 2.24) is 5.32 Å². The number of nitrogens with two attached hydrogens (primary N) is 1. The molecule has 0 saturated carbocycles. The lowest BCUT2D eigenvalue weighted by atomic mass is 9.95. The third kappa shape index (κ3) is 5.74. The van der Waals surface area contributed by atoms with Crippen LogP contribution < -0.4 is 11.1 Å². The summed E-state index contributed by atoms with van der Waals surface area (Å²) in [6.45, 7) is 3.28. The van der Waals surface area contributed by atoms with Gasteiger partial charge in [0.2, 0.25) is 0 Å². The maximum absolute atomic E-state index is 12.3. The number of carbonyl (C=O) groups excluding carboxylic acids is 2. The van der Waals surface area contributed by atoms with E-state index in [-0.39, 0.29) is 6.61 Å². The predicted octanol–water partition coefficient (Wildman–Crippen LogP) is 0.429. The normalized spacial score (nSPS) is 11.9. The predicted molar refractivity (Wildman–Crippen MR) is 86.6 cm³/mol. The van der Waals surface area contributed by atoms with Crippen LogP contribution in [0, 0.1) is 11.8 Å². The average molecular weight is 318 g/mol. The van der Waals surface area contributed by atoms with E-state index in [0.717, 1.165) is 5.56 Å². The third-order valence-electron chi connectivity index (χ3n) is 3.07. The number of esters is 1. The first-order valence-electron chi connectivity index (χ1n) is 7.17. The summed E-state index contributed by atoms with van der Waals surface area (Å²) >= 11 is 0. The topological polar surface area (TPSA) is 102 Å². The second kappa shape index (κ2) is 8.32. The molecular weight excluding hydrogens is 296 g/mol. The number of methoxy groups -OCH3 is 1. The van der Waals surface area contributed by atoms with Crippen molar-refractivity contribution in [2.75, 3.05) is 13.7 Å². The number of aliphatic hydroxyl groups is 1. The van der Waals surface area contributed by atoms with Gasteiger partial charge >= 0.3 is 5.97 Å². The van der Waals surface area contributed by atoms with E-state index in [4.69, 9.17) is 10.8 Å². The summed E-state index contributed by atoms with van der Waals surface area (Å²) in [5.41, 5.74) is 6.08. The molecule has 1 aromatic rings. The van der Waals surface area contributed by atoms with E-state index in [0.29, 0.717) is 12.0 Å². The Morgan fingerprint density at radius 3 is 2.43 bits per heavy atom. The molecule has 0 spiro atoms. The molecule has 1 aromatic carbocycles. The lowest BCUT2D eigenvalue weighted by Gasteiger charge is -2.28. The average Bonchev–Trinajstić information content (AvgIpc) is 2.51. The molecule has 1 atom stereocenters. The van der Waals surface area contributed by atoms with Gasteiger partial charge in [0.15, 0.2) is 0 Å². The molecule has 0 fully saturated rings. The molecule has 1 rings (SSSR count). The zero-order valence-corrected chi connectivity index (χ0v) is 13.6. The maximum Gasteiger partial charge on any atom is 0.330 e. The SMILES string of the molecule is COC(=O)[C@@H](NC(=O)c1ccc(C#CCCO)cc1)C(C)(C)N. The van der Waals surface area contributed by atoms with Gasteiger partial charge in [-0.3, -0.25) is 4.79 Å². The van der Waals surface area contributed by atoms with Crippen molar-refractivity contribution >= 4 is 11.9 Å². The molecule has 0 aliphatic heterocycles. The molecule has 0 aromatic heterocycles. The Balaban J connectivity index is 2.85. The summed E-state index contributed by atoms with van der Waals surface area (Å²) in [6, 6.07) is 5.65. The van der Waals surface area contributed by atoms with E-state index in [1.54, 1.807) is 38.1 Å². The Kier molecular flexibility index (Phi) is 6.76. The van der Waals surface area contributed by atoms with Gasteiger partial charge in [-0.25, -0.2) is 4.79 Å². The molecule has 0 unspecified atom stereocenters. The van der Waals surface area contributed by atoms with Gasteiger partial charge in [-0.2, -0.15) is 0 Å². The first-order valence-corrected chi connectivity index (χ1v) is 7.17. The largest absolute Gasteiger partial charge is 0.467 e. The number of ether oxygens (including phenoxy) is 1. The van der Waals surface area contributed by atoms with Crippen molar-refractivity contribution in [3.63, 3.8) is 0 Å². The van der Waals surface area contributed by atoms with Gasteiger partial charge in [0.05, 0.1) is 13.7 Å². The summed E-state index contributed by atoms with van der Waals surface area (Å²) in [5, 5.41) is 11.3. The lowest BCUT2D eigenvalue weighted by Crippen LogP contribution is -2.59. The highest BCUT2D eigenvalue weighted by Gasteiger charge is 2.34. The number of aliphatic hydroxyl groups excluding tert-OH is 1. The molecule has 0 aliphatic carbocycles. The molecule has 0 radical (unpaired) electrons. The standard InChI is InChI=1S/C17H22N2O4/c1-17(2,18)14(16(22)23-3)19-15(21)13-9-7-12(8-10-13)6-4-5-11-20/h7-10,14,20H,5,11,18H2,1-3H3,(H,19,21)/t14-/m1/s1. The Morgan fingerprint density at radius 1 is 1.35 bits per heavy atom. The van der Waals surface area contributed by atoms with Crippen LogP contribution >= 0.6 is 0 Å². The Labute approximate surface area is 136 Å². The lowest BCUT2D eigenvalue weighted by molar-refractivity contribution is -0.144. The van der Waals surface area contributed by atoms with Crippen molar-refractivity contribution in [3.05, 3.63) is 35.4 Å². The van der Waals surface area contributed by atoms with Gasteiger partial charge in [-0.05, 0) is 38.1 Å². The number of rotatable bonds is 5. The second-order valence-electron chi connectivity index (χ2n) is 5.60. The van der Waals surface area contributed by atoms with E-state index >= 15 is 0 Å². The van der Waals surface area contributed by atoms with E-state index in [1.807, 2.05) is 0 Å². The molecule has 6 nitrogen and oxygen atoms in total. The van der Waals surface area contributed by atoms with Gasteiger partial charge in [0.25, 0.3) is 5.91 Å². The van der Waals surface area contributed by atoms with Gasteiger partial charge < -0.3 is 20.9 Å². The fourth-order valence-electron chi connectivity index (χ4n) is 1.81. The number of hydrogen-bond acceptors (Lipinski definition) is 5. The van der Waals surface area contributed by atoms with E-state index < -0.39 is 23.5 Å². The molecule has 0 saturated heterocycles. The minimum Gasteiger partial charge on any atom is -0.467 e. The summed E-state index contributed by atoms with van der Waals surface area (Å²) in [4.78, 5) is 24.0. The number of amides is 1. The minimum absolute atomic E-state index is 0.0112. The zero-order valence-electron chi connectivity index (χ0n) is 13.6. The first kappa shape index (κ1) is 18.7. The van der Waals surface area contributed by atoms with E-state index in [9.17, 15) is 9.59 Å². The molecule has 6 heteroatoms. The van der Waals surface area contributed by atoms with Crippen LogP contribution in [0.1, 0.15) is 36.2 Å². The van der Waals surface area contributed by atoms with Crippen molar-refractivity contribution in [2.24, 2.45) is 5.73 Å². The van der Waals surface area contributed by atoms with Crippen LogP contribution in [0.2, 0.25) is 0 Å². The van der Waals surface area contributed by atoms with Gasteiger partial charge in [0, 0.05) is 23.1 Å². The fourth-order valence-corrected chi connectivity index (χ4v) is 1.81. The highest BCUT2D eigenvalue weighted by molar-refractivity contribution is 5.97. The number of hydrogen-bond donors (Lipinski definition) is 3. The summed E-state index contributed by atoms with van der Waals surface area (Å²) < 4.78 is 4.68. The number of benzene rings is 1. The van der Waals surface area contributed by atoms with Gasteiger partial charge in [0.1, 0.15) is 6.04 Å². The number of nitrogens with one attached hydrogen (secondary N) is 1. The van der Waals surface area contributed by atoms with Crippen LogP contribution in [-0.2, 0) is 9.53 Å². The molecule has 4 N–H and O–H groups in total. The zero-order chi connectivity index (χ0) is 17.5. The monoisotopic (exact) mass is 318 g/mol. The third-order valence-corrected chi connectivity index (χ3v) is 3.07. The van der Waals surface area contributed by atoms with Crippen LogP contribution in [0.4, 0.5) is 0 Å². The molecule has 0 bridgehead atoms. The van der Waals surface area contributed by atoms with Crippen LogP contribution in [0.25, 0.3) is 0 Å². The van der Waals surface area contributed by atoms with Crippen LogP contribution in [-0.4, -0.2) is 42.3 Å². The van der Waals surface area contributed by atoms with E-state index in [2.05, 4.69) is 21.9 Å². The van der Waals surface area contributed by atoms with Crippen LogP contribution in [0.5, 0.6) is 0 Å². The summed E-state index contributed by atoms with van der Waals surface area (Å²) in [6.07, 6.45) is 0.397. The highest BCUT2D eigenvalue weighted by atomic mass is 16.5. The molecular formula is C17H22N2O4. The molecule has 1 amide bonds. The Bertz CT molecular complexity index is 606. The second-order valence-corrected chi connectivity index (χ2v) is 5.60. The van der Waals surface area contributed by atoms with Gasteiger partial charge in [-0.1, -0.05) is 11.8 Å². The molecule has 0 aliphatic rings. The molecule has 23 heavy (non-hydrogen) atoms. The van der Waals surface area contributed by atoms with E-state index in [1.165, 1.54) is 7.11 Å². The maximum atomic E-state index is 12.3. The Hall–Kier alpha value is -2.36.